The summed E-state index contributed by atoms with van der Waals surface area (Å²) in [6.07, 6.45) is 3.01. The van der Waals surface area contributed by atoms with Crippen LogP contribution in [0.5, 0.6) is 5.75 Å². The molecule has 108 valence electrons. The predicted molar refractivity (Wildman–Crippen MR) is 88.1 cm³/mol. The minimum atomic E-state index is -0.0577. The monoisotopic (exact) mass is 279 g/mol. The molecule has 1 unspecified atom stereocenters. The van der Waals surface area contributed by atoms with E-state index in [0.29, 0.717) is 0 Å². The van der Waals surface area contributed by atoms with Crippen LogP contribution in [-0.2, 0) is 6.42 Å². The molecule has 0 saturated heterocycles. The summed E-state index contributed by atoms with van der Waals surface area (Å²) in [6, 6.07) is 16.8. The molecule has 1 aliphatic rings. The Kier molecular flexibility index (Phi) is 3.46. The maximum atomic E-state index is 5.33. The molecular formula is C19H21NO. The van der Waals surface area contributed by atoms with Crippen molar-refractivity contribution in [2.75, 3.05) is 12.4 Å². The number of methoxy groups -OCH3 is 1. The van der Waals surface area contributed by atoms with E-state index < -0.39 is 0 Å². The first-order valence-electron chi connectivity index (χ1n) is 7.29. The fourth-order valence-electron chi connectivity index (χ4n) is 3.32. The number of hydrogen-bond acceptors (Lipinski definition) is 2. The summed E-state index contributed by atoms with van der Waals surface area (Å²) in [5.74, 6) is 1.17. The van der Waals surface area contributed by atoms with Crippen molar-refractivity contribution in [2.24, 2.45) is 0 Å². The van der Waals surface area contributed by atoms with Crippen LogP contribution < -0.4 is 10.1 Å². The fraction of sp³-hybridized carbons (Fsp3) is 0.263. The van der Waals surface area contributed by atoms with Gasteiger partial charge in [-0.2, -0.15) is 0 Å². The van der Waals surface area contributed by atoms with E-state index in [1.165, 1.54) is 16.8 Å². The summed E-state index contributed by atoms with van der Waals surface area (Å²) in [7, 11) is 1.71. The van der Waals surface area contributed by atoms with Gasteiger partial charge in [-0.05, 0) is 42.7 Å². The van der Waals surface area contributed by atoms with E-state index in [-0.39, 0.29) is 11.5 Å². The molecule has 2 aromatic carbocycles. The van der Waals surface area contributed by atoms with E-state index >= 15 is 0 Å². The SMILES string of the molecule is C=C[C@@H](c1ccccc1)C1(C)Cc2cc(OC)ccc2N1. The van der Waals surface area contributed by atoms with Gasteiger partial charge in [0.25, 0.3) is 0 Å². The molecule has 0 radical (unpaired) electrons. The molecule has 1 N–H and O–H groups in total. The van der Waals surface area contributed by atoms with Gasteiger partial charge in [0.15, 0.2) is 0 Å². The highest BCUT2D eigenvalue weighted by Gasteiger charge is 2.38. The molecule has 0 bridgehead atoms. The summed E-state index contributed by atoms with van der Waals surface area (Å²) < 4.78 is 5.33. The highest BCUT2D eigenvalue weighted by molar-refractivity contribution is 5.62. The topological polar surface area (TPSA) is 21.3 Å². The Morgan fingerprint density at radius 2 is 2.00 bits per heavy atom. The van der Waals surface area contributed by atoms with E-state index in [9.17, 15) is 0 Å². The number of nitrogens with one attached hydrogen (secondary N) is 1. The van der Waals surface area contributed by atoms with Crippen LogP contribution in [0.4, 0.5) is 5.69 Å². The zero-order chi connectivity index (χ0) is 14.9. The number of ether oxygens (including phenoxy) is 1. The van der Waals surface area contributed by atoms with Crippen LogP contribution in [-0.4, -0.2) is 12.6 Å². The first kappa shape index (κ1) is 13.7. The van der Waals surface area contributed by atoms with Crippen LogP contribution in [0, 0.1) is 0 Å². The van der Waals surface area contributed by atoms with Crippen LogP contribution in [0.2, 0.25) is 0 Å². The smallest absolute Gasteiger partial charge is 0.119 e. The van der Waals surface area contributed by atoms with Crippen molar-refractivity contribution in [3.8, 4) is 5.75 Å². The molecule has 1 aliphatic heterocycles. The van der Waals surface area contributed by atoms with Gasteiger partial charge in [-0.15, -0.1) is 6.58 Å². The molecule has 2 heteroatoms. The molecule has 3 rings (SSSR count). The average molecular weight is 279 g/mol. The minimum absolute atomic E-state index is 0.0577. The van der Waals surface area contributed by atoms with Crippen molar-refractivity contribution < 1.29 is 4.74 Å². The zero-order valence-corrected chi connectivity index (χ0v) is 12.6. The normalized spacial score (nSPS) is 21.2. The zero-order valence-electron chi connectivity index (χ0n) is 12.6. The summed E-state index contributed by atoms with van der Waals surface area (Å²) in [5.41, 5.74) is 3.74. The van der Waals surface area contributed by atoms with Crippen molar-refractivity contribution in [3.05, 3.63) is 72.3 Å². The second-order valence-corrected chi connectivity index (χ2v) is 5.87. The molecule has 2 aromatic rings. The highest BCUT2D eigenvalue weighted by atomic mass is 16.5. The third-order valence-electron chi connectivity index (χ3n) is 4.37. The summed E-state index contributed by atoms with van der Waals surface area (Å²) in [5, 5.41) is 3.68. The summed E-state index contributed by atoms with van der Waals surface area (Å²) >= 11 is 0. The number of anilines is 1. The van der Waals surface area contributed by atoms with E-state index in [2.05, 4.69) is 55.2 Å². The first-order chi connectivity index (χ1) is 10.2. The van der Waals surface area contributed by atoms with Gasteiger partial charge in [0, 0.05) is 17.1 Å². The van der Waals surface area contributed by atoms with Crippen molar-refractivity contribution in [1.29, 1.82) is 0 Å². The Morgan fingerprint density at radius 3 is 2.67 bits per heavy atom. The number of benzene rings is 2. The lowest BCUT2D eigenvalue weighted by molar-refractivity contribution is 0.414. The van der Waals surface area contributed by atoms with Gasteiger partial charge in [-0.3, -0.25) is 0 Å². The lowest BCUT2D eigenvalue weighted by Crippen LogP contribution is -2.38. The summed E-state index contributed by atoms with van der Waals surface area (Å²) in [4.78, 5) is 0. The quantitative estimate of drug-likeness (QED) is 0.838. The van der Waals surface area contributed by atoms with Gasteiger partial charge >= 0.3 is 0 Å². The first-order valence-corrected chi connectivity index (χ1v) is 7.29. The molecule has 21 heavy (non-hydrogen) atoms. The molecule has 0 saturated carbocycles. The van der Waals surface area contributed by atoms with E-state index in [4.69, 9.17) is 4.74 Å². The van der Waals surface area contributed by atoms with Crippen LogP contribution in [0.15, 0.2) is 61.2 Å². The van der Waals surface area contributed by atoms with Crippen molar-refractivity contribution in [3.63, 3.8) is 0 Å². The Labute approximate surface area is 126 Å². The number of rotatable bonds is 4. The molecule has 1 heterocycles. The Morgan fingerprint density at radius 1 is 1.24 bits per heavy atom. The van der Waals surface area contributed by atoms with Crippen molar-refractivity contribution in [2.45, 2.75) is 24.8 Å². The standard InChI is InChI=1S/C19H21NO/c1-4-17(14-8-6-5-7-9-14)19(2)13-15-12-16(21-3)10-11-18(15)20-19/h4-12,17,20H,1,13H2,2-3H3/t17-,19?/m0/s1. The van der Waals surface area contributed by atoms with Gasteiger partial charge in [0.05, 0.1) is 7.11 Å². The fourth-order valence-corrected chi connectivity index (χ4v) is 3.32. The largest absolute Gasteiger partial charge is 0.497 e. The predicted octanol–water partition coefficient (Wildman–Crippen LogP) is 4.39. The van der Waals surface area contributed by atoms with Crippen LogP contribution in [0.25, 0.3) is 0 Å². The van der Waals surface area contributed by atoms with Crippen LogP contribution in [0.3, 0.4) is 0 Å². The van der Waals surface area contributed by atoms with E-state index in [1.54, 1.807) is 7.11 Å². The Bertz CT molecular complexity index is 650. The average Bonchev–Trinajstić information content (AvgIpc) is 2.84. The van der Waals surface area contributed by atoms with Gasteiger partial charge in [0.1, 0.15) is 5.75 Å². The van der Waals surface area contributed by atoms with Gasteiger partial charge < -0.3 is 10.1 Å². The molecule has 0 aliphatic carbocycles. The molecule has 2 atom stereocenters. The van der Waals surface area contributed by atoms with E-state index in [1.807, 2.05) is 18.2 Å². The maximum absolute atomic E-state index is 5.33. The third kappa shape index (κ3) is 2.42. The van der Waals surface area contributed by atoms with Crippen molar-refractivity contribution >= 4 is 5.69 Å². The van der Waals surface area contributed by atoms with Crippen molar-refractivity contribution in [1.82, 2.24) is 0 Å². The summed E-state index contributed by atoms with van der Waals surface area (Å²) in [6.45, 7) is 6.32. The lowest BCUT2D eigenvalue weighted by atomic mass is 9.79. The molecular weight excluding hydrogens is 258 g/mol. The Hall–Kier alpha value is -2.22. The molecule has 0 aromatic heterocycles. The molecule has 0 fully saturated rings. The molecule has 2 nitrogen and oxygen atoms in total. The molecule has 0 amide bonds. The minimum Gasteiger partial charge on any atom is -0.497 e. The van der Waals surface area contributed by atoms with Crippen LogP contribution >= 0.6 is 0 Å². The number of fused-ring (bicyclic) bond motifs is 1. The second kappa shape index (κ2) is 5.28. The van der Waals surface area contributed by atoms with Crippen LogP contribution in [0.1, 0.15) is 24.0 Å². The van der Waals surface area contributed by atoms with Gasteiger partial charge in [-0.1, -0.05) is 36.4 Å². The van der Waals surface area contributed by atoms with E-state index in [0.717, 1.165) is 12.2 Å². The third-order valence-corrected chi connectivity index (χ3v) is 4.37. The van der Waals surface area contributed by atoms with Gasteiger partial charge in [-0.25, -0.2) is 0 Å². The lowest BCUT2D eigenvalue weighted by Gasteiger charge is -2.33. The van der Waals surface area contributed by atoms with Gasteiger partial charge in [0.2, 0.25) is 0 Å². The highest BCUT2D eigenvalue weighted by Crippen LogP contribution is 2.42. The maximum Gasteiger partial charge on any atom is 0.119 e. The number of hydrogen-bond donors (Lipinski definition) is 1. The second-order valence-electron chi connectivity index (χ2n) is 5.87. The Balaban J connectivity index is 1.94. The molecule has 0 spiro atoms.